The van der Waals surface area contributed by atoms with Crippen LogP contribution in [0.15, 0.2) is 35.6 Å². The highest BCUT2D eigenvalue weighted by Crippen LogP contribution is 2.34. The number of aromatic amines is 1. The van der Waals surface area contributed by atoms with Gasteiger partial charge in [0.15, 0.2) is 11.0 Å². The number of nitrogens with zero attached hydrogens (tertiary/aromatic N) is 4. The number of thioether (sulfide) groups is 1. The Balaban J connectivity index is 1.51. The summed E-state index contributed by atoms with van der Waals surface area (Å²) in [6, 6.07) is 8.21. The van der Waals surface area contributed by atoms with Crippen LogP contribution in [0.1, 0.15) is 26.2 Å². The fraction of sp³-hybridized carbons (Fsp3) is 0.476. The molecule has 7 nitrogen and oxygen atoms in total. The minimum atomic E-state index is -0.0850. The number of rotatable bonds is 6. The second kappa shape index (κ2) is 7.84. The molecule has 2 unspecified atom stereocenters. The number of fused-ring (bicyclic) bond motifs is 1. The summed E-state index contributed by atoms with van der Waals surface area (Å²) in [5.41, 5.74) is 2.11. The monoisotopic (exact) mass is 411 g/mol. The SMILES string of the molecule is CCN1CCC(Sc2nnc(-c3c[nH]c4ccccc34)n2CC2CCCO2)C1=O. The highest BCUT2D eigenvalue weighted by molar-refractivity contribution is 8.00. The second-order valence-corrected chi connectivity index (χ2v) is 8.78. The summed E-state index contributed by atoms with van der Waals surface area (Å²) in [4.78, 5) is 17.9. The normalized spacial score (nSPS) is 22.2. The van der Waals surface area contributed by atoms with Crippen molar-refractivity contribution in [2.24, 2.45) is 0 Å². The van der Waals surface area contributed by atoms with Gasteiger partial charge in [0.25, 0.3) is 0 Å². The average molecular weight is 412 g/mol. The largest absolute Gasteiger partial charge is 0.376 e. The third-order valence-corrected chi connectivity index (χ3v) is 7.07. The summed E-state index contributed by atoms with van der Waals surface area (Å²) in [6.45, 7) is 5.13. The van der Waals surface area contributed by atoms with Crippen molar-refractivity contribution in [3.8, 4) is 11.4 Å². The van der Waals surface area contributed by atoms with Crippen LogP contribution < -0.4 is 0 Å². The molecule has 1 aromatic carbocycles. The van der Waals surface area contributed by atoms with Crippen molar-refractivity contribution in [3.63, 3.8) is 0 Å². The number of amides is 1. The molecule has 2 atom stereocenters. The number of ether oxygens (including phenoxy) is 1. The third kappa shape index (κ3) is 3.44. The first-order valence-corrected chi connectivity index (χ1v) is 11.2. The molecule has 4 heterocycles. The molecule has 2 aliphatic rings. The van der Waals surface area contributed by atoms with E-state index in [1.54, 1.807) is 11.8 Å². The van der Waals surface area contributed by atoms with Crippen LogP contribution in [0.2, 0.25) is 0 Å². The van der Waals surface area contributed by atoms with Gasteiger partial charge in [0.1, 0.15) is 0 Å². The fourth-order valence-electron chi connectivity index (χ4n) is 4.25. The summed E-state index contributed by atoms with van der Waals surface area (Å²) in [5.74, 6) is 1.04. The number of benzene rings is 1. The number of likely N-dealkylation sites (tertiary alicyclic amines) is 1. The lowest BCUT2D eigenvalue weighted by Crippen LogP contribution is -2.28. The van der Waals surface area contributed by atoms with E-state index in [4.69, 9.17) is 4.74 Å². The Hall–Kier alpha value is -2.32. The number of hydrogen-bond acceptors (Lipinski definition) is 5. The minimum absolute atomic E-state index is 0.0850. The van der Waals surface area contributed by atoms with Gasteiger partial charge in [-0.3, -0.25) is 9.36 Å². The van der Waals surface area contributed by atoms with Crippen molar-refractivity contribution in [1.29, 1.82) is 0 Å². The molecule has 3 aromatic rings. The van der Waals surface area contributed by atoms with Crippen LogP contribution in [0, 0.1) is 0 Å². The molecule has 152 valence electrons. The zero-order valence-electron chi connectivity index (χ0n) is 16.5. The van der Waals surface area contributed by atoms with Crippen molar-refractivity contribution >= 4 is 28.6 Å². The Kier molecular flexibility index (Phi) is 5.05. The van der Waals surface area contributed by atoms with Gasteiger partial charge in [-0.15, -0.1) is 10.2 Å². The molecule has 0 bridgehead atoms. The van der Waals surface area contributed by atoms with E-state index in [9.17, 15) is 4.79 Å². The number of carbonyl (C=O) groups excluding carboxylic acids is 1. The van der Waals surface area contributed by atoms with E-state index in [0.29, 0.717) is 6.54 Å². The molecule has 0 saturated carbocycles. The zero-order chi connectivity index (χ0) is 19.8. The highest BCUT2D eigenvalue weighted by Gasteiger charge is 2.33. The lowest BCUT2D eigenvalue weighted by atomic mass is 10.1. The quantitative estimate of drug-likeness (QED) is 0.673. The number of hydrogen-bond donors (Lipinski definition) is 1. The molecule has 29 heavy (non-hydrogen) atoms. The minimum Gasteiger partial charge on any atom is -0.376 e. The number of nitrogens with one attached hydrogen (secondary N) is 1. The molecule has 2 aromatic heterocycles. The van der Waals surface area contributed by atoms with Gasteiger partial charge in [0.05, 0.1) is 17.9 Å². The van der Waals surface area contributed by atoms with Gasteiger partial charge in [-0.05, 0) is 32.3 Å². The van der Waals surface area contributed by atoms with E-state index >= 15 is 0 Å². The van der Waals surface area contributed by atoms with Gasteiger partial charge < -0.3 is 14.6 Å². The summed E-state index contributed by atoms with van der Waals surface area (Å²) in [5, 5.41) is 10.9. The van der Waals surface area contributed by atoms with Crippen molar-refractivity contribution in [1.82, 2.24) is 24.6 Å². The maximum absolute atomic E-state index is 12.6. The smallest absolute Gasteiger partial charge is 0.236 e. The number of aromatic nitrogens is 4. The van der Waals surface area contributed by atoms with Crippen LogP contribution in [0.5, 0.6) is 0 Å². The van der Waals surface area contributed by atoms with Gasteiger partial charge in [0, 0.05) is 42.4 Å². The van der Waals surface area contributed by atoms with Crippen LogP contribution in [0.3, 0.4) is 0 Å². The molecule has 2 aliphatic heterocycles. The lowest BCUT2D eigenvalue weighted by Gasteiger charge is -2.16. The van der Waals surface area contributed by atoms with E-state index in [0.717, 1.165) is 66.4 Å². The molecule has 8 heteroatoms. The summed E-state index contributed by atoms with van der Waals surface area (Å²) >= 11 is 1.54. The first kappa shape index (κ1) is 18.7. The fourth-order valence-corrected chi connectivity index (χ4v) is 5.35. The molecule has 0 radical (unpaired) electrons. The maximum Gasteiger partial charge on any atom is 0.236 e. The maximum atomic E-state index is 12.6. The molecule has 0 spiro atoms. The van der Waals surface area contributed by atoms with Crippen molar-refractivity contribution in [2.45, 2.75) is 49.2 Å². The molecule has 2 fully saturated rings. The van der Waals surface area contributed by atoms with E-state index in [2.05, 4.69) is 31.9 Å². The number of para-hydroxylation sites is 1. The average Bonchev–Trinajstić information content (AvgIpc) is 3.52. The van der Waals surface area contributed by atoms with Gasteiger partial charge in [-0.2, -0.15) is 0 Å². The van der Waals surface area contributed by atoms with Gasteiger partial charge in [-0.25, -0.2) is 0 Å². The Morgan fingerprint density at radius 1 is 1.28 bits per heavy atom. The number of carbonyl (C=O) groups is 1. The third-order valence-electron chi connectivity index (χ3n) is 5.83. The van der Waals surface area contributed by atoms with Crippen LogP contribution in [-0.2, 0) is 16.1 Å². The topological polar surface area (TPSA) is 76.0 Å². The zero-order valence-corrected chi connectivity index (χ0v) is 17.3. The van der Waals surface area contributed by atoms with Crippen LogP contribution in [0.4, 0.5) is 0 Å². The second-order valence-electron chi connectivity index (χ2n) is 7.61. The van der Waals surface area contributed by atoms with E-state index < -0.39 is 0 Å². The van der Waals surface area contributed by atoms with Crippen LogP contribution in [-0.4, -0.2) is 61.6 Å². The predicted molar refractivity (Wildman–Crippen MR) is 113 cm³/mol. The molecular formula is C21H25N5O2S. The van der Waals surface area contributed by atoms with Crippen molar-refractivity contribution in [2.75, 3.05) is 19.7 Å². The number of H-pyrrole nitrogens is 1. The summed E-state index contributed by atoms with van der Waals surface area (Å²) < 4.78 is 8.05. The Bertz CT molecular complexity index is 1020. The predicted octanol–water partition coefficient (Wildman–Crippen LogP) is 3.32. The summed E-state index contributed by atoms with van der Waals surface area (Å²) in [7, 11) is 0. The molecule has 2 saturated heterocycles. The highest BCUT2D eigenvalue weighted by atomic mass is 32.2. The standard InChI is InChI=1S/C21H25N5O2S/c1-2-25-10-9-18(20(25)27)29-21-24-23-19(26(21)13-14-6-5-11-28-14)16-12-22-17-8-4-3-7-15(16)17/h3-4,7-8,12,14,18,22H,2,5-6,9-11,13H2,1H3. The summed E-state index contributed by atoms with van der Waals surface area (Å²) in [6.07, 6.45) is 5.15. The van der Waals surface area contributed by atoms with Crippen LogP contribution in [0.25, 0.3) is 22.3 Å². The first-order chi connectivity index (χ1) is 14.2. The molecule has 5 rings (SSSR count). The van der Waals surface area contributed by atoms with Gasteiger partial charge in [0.2, 0.25) is 5.91 Å². The molecular weight excluding hydrogens is 386 g/mol. The first-order valence-electron chi connectivity index (χ1n) is 10.3. The Labute approximate surface area is 173 Å². The molecule has 1 amide bonds. The molecule has 0 aliphatic carbocycles. The van der Waals surface area contributed by atoms with Gasteiger partial charge >= 0.3 is 0 Å². The lowest BCUT2D eigenvalue weighted by molar-refractivity contribution is -0.127. The van der Waals surface area contributed by atoms with Crippen LogP contribution >= 0.6 is 11.8 Å². The van der Waals surface area contributed by atoms with Crippen molar-refractivity contribution < 1.29 is 9.53 Å². The molecule has 1 N–H and O–H groups in total. The van der Waals surface area contributed by atoms with Gasteiger partial charge in [-0.1, -0.05) is 30.0 Å². The Morgan fingerprint density at radius 2 is 2.17 bits per heavy atom. The Morgan fingerprint density at radius 3 is 2.97 bits per heavy atom. The van der Waals surface area contributed by atoms with E-state index in [1.807, 2.05) is 30.2 Å². The van der Waals surface area contributed by atoms with E-state index in [1.165, 1.54) is 0 Å². The van der Waals surface area contributed by atoms with E-state index in [-0.39, 0.29) is 17.3 Å². The van der Waals surface area contributed by atoms with Crippen molar-refractivity contribution in [3.05, 3.63) is 30.5 Å².